The second-order valence-corrected chi connectivity index (χ2v) is 5.99. The van der Waals surface area contributed by atoms with Crippen LogP contribution in [0, 0.1) is 5.92 Å². The van der Waals surface area contributed by atoms with Gasteiger partial charge in [0, 0.05) is 24.1 Å². The molecule has 2 aliphatic carbocycles. The van der Waals surface area contributed by atoms with Crippen molar-refractivity contribution in [2.45, 2.75) is 24.9 Å². The minimum absolute atomic E-state index is 0.0236. The van der Waals surface area contributed by atoms with Crippen LogP contribution in [0.15, 0.2) is 48.5 Å². The Kier molecular flexibility index (Phi) is 2.82. The van der Waals surface area contributed by atoms with Gasteiger partial charge in [0.2, 0.25) is 0 Å². The van der Waals surface area contributed by atoms with Gasteiger partial charge >= 0.3 is 0 Å². The lowest BCUT2D eigenvalue weighted by molar-refractivity contribution is 0.0948. The Morgan fingerprint density at radius 2 is 1.90 bits per heavy atom. The van der Waals surface area contributed by atoms with E-state index in [9.17, 15) is 4.79 Å². The fourth-order valence-corrected chi connectivity index (χ4v) is 3.57. The van der Waals surface area contributed by atoms with Gasteiger partial charge in [-0.25, -0.2) is 0 Å². The SMILES string of the molecule is NCc1ccc(C(=O)NC2C3Cc4ccccc4C32)cc1. The lowest BCUT2D eigenvalue weighted by Crippen LogP contribution is -2.28. The summed E-state index contributed by atoms with van der Waals surface area (Å²) in [6, 6.07) is 16.4. The summed E-state index contributed by atoms with van der Waals surface area (Å²) < 4.78 is 0. The van der Waals surface area contributed by atoms with Crippen LogP contribution in [0.4, 0.5) is 0 Å². The molecular formula is C18H18N2O. The van der Waals surface area contributed by atoms with E-state index in [0.29, 0.717) is 30.0 Å². The molecule has 0 aromatic heterocycles. The third kappa shape index (κ3) is 2.05. The summed E-state index contributed by atoms with van der Waals surface area (Å²) >= 11 is 0. The first kappa shape index (κ1) is 12.6. The molecule has 21 heavy (non-hydrogen) atoms. The third-order valence-corrected chi connectivity index (χ3v) is 4.79. The second-order valence-electron chi connectivity index (χ2n) is 5.99. The first-order chi connectivity index (χ1) is 10.3. The first-order valence-electron chi connectivity index (χ1n) is 7.45. The summed E-state index contributed by atoms with van der Waals surface area (Å²) in [5.74, 6) is 1.14. The maximum atomic E-state index is 12.3. The summed E-state index contributed by atoms with van der Waals surface area (Å²) in [7, 11) is 0. The molecule has 0 aliphatic heterocycles. The molecule has 0 saturated heterocycles. The number of rotatable bonds is 3. The molecule has 3 N–H and O–H groups in total. The number of nitrogens with one attached hydrogen (secondary N) is 1. The van der Waals surface area contributed by atoms with Crippen LogP contribution in [0.25, 0.3) is 0 Å². The number of nitrogens with two attached hydrogens (primary N) is 1. The first-order valence-corrected chi connectivity index (χ1v) is 7.45. The van der Waals surface area contributed by atoms with Gasteiger partial charge in [0.1, 0.15) is 0 Å². The Labute approximate surface area is 124 Å². The Balaban J connectivity index is 1.45. The minimum atomic E-state index is 0.0236. The Hall–Kier alpha value is -2.13. The number of carbonyl (C=O) groups is 1. The van der Waals surface area contributed by atoms with E-state index in [0.717, 1.165) is 12.0 Å². The van der Waals surface area contributed by atoms with Crippen molar-refractivity contribution in [3.05, 3.63) is 70.8 Å². The zero-order valence-corrected chi connectivity index (χ0v) is 11.8. The van der Waals surface area contributed by atoms with E-state index in [-0.39, 0.29) is 5.91 Å². The van der Waals surface area contributed by atoms with E-state index in [1.807, 2.05) is 24.3 Å². The smallest absolute Gasteiger partial charge is 0.251 e. The van der Waals surface area contributed by atoms with E-state index in [1.165, 1.54) is 11.1 Å². The zero-order chi connectivity index (χ0) is 14.4. The molecule has 1 saturated carbocycles. The van der Waals surface area contributed by atoms with Crippen molar-refractivity contribution in [3.8, 4) is 0 Å². The largest absolute Gasteiger partial charge is 0.348 e. The minimum Gasteiger partial charge on any atom is -0.348 e. The zero-order valence-electron chi connectivity index (χ0n) is 11.8. The van der Waals surface area contributed by atoms with E-state index in [1.54, 1.807) is 0 Å². The molecule has 1 amide bonds. The van der Waals surface area contributed by atoms with Gasteiger partial charge in [-0.15, -0.1) is 0 Å². The van der Waals surface area contributed by atoms with Gasteiger partial charge in [-0.1, -0.05) is 36.4 Å². The quantitative estimate of drug-likeness (QED) is 0.904. The number of fused-ring (bicyclic) bond motifs is 3. The highest BCUT2D eigenvalue weighted by Crippen LogP contribution is 2.56. The van der Waals surface area contributed by atoms with Crippen LogP contribution in [0.1, 0.15) is 33.0 Å². The molecule has 0 bridgehead atoms. The number of amides is 1. The van der Waals surface area contributed by atoms with Crippen LogP contribution in [-0.4, -0.2) is 11.9 Å². The van der Waals surface area contributed by atoms with Crippen molar-refractivity contribution >= 4 is 5.91 Å². The standard InChI is InChI=1S/C18H18N2O/c19-10-11-5-7-12(8-6-11)18(21)20-17-15-9-13-3-1-2-4-14(13)16(15)17/h1-8,15-17H,9-10,19H2,(H,20,21). The fourth-order valence-electron chi connectivity index (χ4n) is 3.57. The van der Waals surface area contributed by atoms with Crippen molar-refractivity contribution in [2.75, 3.05) is 0 Å². The normalized spacial score (nSPS) is 25.1. The van der Waals surface area contributed by atoms with Crippen LogP contribution in [-0.2, 0) is 13.0 Å². The predicted octanol–water partition coefficient (Wildman–Crippen LogP) is 2.21. The lowest BCUT2D eigenvalue weighted by Gasteiger charge is -2.10. The van der Waals surface area contributed by atoms with Crippen LogP contribution in [0.5, 0.6) is 0 Å². The van der Waals surface area contributed by atoms with E-state index in [2.05, 4.69) is 29.6 Å². The predicted molar refractivity (Wildman–Crippen MR) is 82.0 cm³/mol. The fraction of sp³-hybridized carbons (Fsp3) is 0.278. The summed E-state index contributed by atoms with van der Waals surface area (Å²) in [6.45, 7) is 0.505. The number of hydrogen-bond acceptors (Lipinski definition) is 2. The van der Waals surface area contributed by atoms with Gasteiger partial charge in [0.15, 0.2) is 0 Å². The van der Waals surface area contributed by atoms with Crippen LogP contribution in [0.2, 0.25) is 0 Å². The number of benzene rings is 2. The summed E-state index contributed by atoms with van der Waals surface area (Å²) in [5.41, 5.74) is 10.2. The van der Waals surface area contributed by atoms with E-state index >= 15 is 0 Å². The summed E-state index contributed by atoms with van der Waals surface area (Å²) in [5, 5.41) is 3.18. The lowest BCUT2D eigenvalue weighted by atomic mass is 10.0. The molecule has 2 aromatic carbocycles. The Bertz CT molecular complexity index is 693. The van der Waals surface area contributed by atoms with Crippen LogP contribution < -0.4 is 11.1 Å². The Morgan fingerprint density at radius 3 is 2.67 bits per heavy atom. The Morgan fingerprint density at radius 1 is 1.14 bits per heavy atom. The molecule has 3 unspecified atom stereocenters. The topological polar surface area (TPSA) is 55.1 Å². The maximum Gasteiger partial charge on any atom is 0.251 e. The van der Waals surface area contributed by atoms with Gasteiger partial charge in [0.05, 0.1) is 0 Å². The molecule has 3 atom stereocenters. The van der Waals surface area contributed by atoms with Gasteiger partial charge in [0.25, 0.3) is 5.91 Å². The highest BCUT2D eigenvalue weighted by Gasteiger charge is 2.56. The molecule has 106 valence electrons. The molecule has 3 nitrogen and oxygen atoms in total. The number of hydrogen-bond donors (Lipinski definition) is 2. The van der Waals surface area contributed by atoms with Crippen LogP contribution in [0.3, 0.4) is 0 Å². The van der Waals surface area contributed by atoms with Crippen molar-refractivity contribution in [1.29, 1.82) is 0 Å². The molecule has 0 radical (unpaired) electrons. The molecule has 2 aromatic rings. The summed E-state index contributed by atoms with van der Waals surface area (Å²) in [4.78, 5) is 12.3. The van der Waals surface area contributed by atoms with Crippen molar-refractivity contribution in [1.82, 2.24) is 5.32 Å². The highest BCUT2D eigenvalue weighted by molar-refractivity contribution is 5.94. The molecular weight excluding hydrogens is 260 g/mol. The number of carbonyl (C=O) groups excluding carboxylic acids is 1. The maximum absolute atomic E-state index is 12.3. The van der Waals surface area contributed by atoms with E-state index < -0.39 is 0 Å². The average Bonchev–Trinajstić information content (AvgIpc) is 3.04. The van der Waals surface area contributed by atoms with Crippen molar-refractivity contribution in [3.63, 3.8) is 0 Å². The van der Waals surface area contributed by atoms with Gasteiger partial charge in [-0.05, 0) is 41.2 Å². The molecule has 0 heterocycles. The average molecular weight is 278 g/mol. The van der Waals surface area contributed by atoms with E-state index in [4.69, 9.17) is 5.73 Å². The van der Waals surface area contributed by atoms with Crippen molar-refractivity contribution in [2.24, 2.45) is 11.7 Å². The van der Waals surface area contributed by atoms with Gasteiger partial charge in [-0.3, -0.25) is 4.79 Å². The van der Waals surface area contributed by atoms with Crippen molar-refractivity contribution < 1.29 is 4.79 Å². The molecule has 4 rings (SSSR count). The molecule has 3 heteroatoms. The highest BCUT2D eigenvalue weighted by atomic mass is 16.1. The molecule has 1 fully saturated rings. The van der Waals surface area contributed by atoms with Gasteiger partial charge < -0.3 is 11.1 Å². The summed E-state index contributed by atoms with van der Waals surface area (Å²) in [6.07, 6.45) is 1.10. The third-order valence-electron chi connectivity index (χ3n) is 4.79. The van der Waals surface area contributed by atoms with Crippen LogP contribution >= 0.6 is 0 Å². The molecule has 2 aliphatic rings. The monoisotopic (exact) mass is 278 g/mol. The molecule has 0 spiro atoms. The second kappa shape index (κ2) is 4.71. The van der Waals surface area contributed by atoms with Gasteiger partial charge in [-0.2, -0.15) is 0 Å².